The van der Waals surface area contributed by atoms with E-state index in [-0.39, 0.29) is 23.9 Å². The third kappa shape index (κ3) is 7.19. The van der Waals surface area contributed by atoms with E-state index in [4.69, 9.17) is 9.15 Å². The van der Waals surface area contributed by atoms with Crippen molar-refractivity contribution in [2.45, 2.75) is 45.8 Å². The number of hydrogen-bond donors (Lipinski definition) is 3. The van der Waals surface area contributed by atoms with Crippen molar-refractivity contribution in [1.82, 2.24) is 15.3 Å². The molecule has 0 aliphatic rings. The molecule has 1 atom stereocenters. The molecule has 0 fully saturated rings. The Morgan fingerprint density at radius 2 is 1.74 bits per heavy atom. The van der Waals surface area contributed by atoms with Gasteiger partial charge in [-0.2, -0.15) is 4.98 Å². The molecule has 3 N–H and O–H groups in total. The molecule has 4 aromatic rings. The maximum Gasteiger partial charge on any atom is 0.412 e. The fourth-order valence-corrected chi connectivity index (χ4v) is 3.99. The van der Waals surface area contributed by atoms with Gasteiger partial charge in [0.1, 0.15) is 5.60 Å². The lowest BCUT2D eigenvalue weighted by atomic mass is 9.98. The lowest BCUT2D eigenvalue weighted by Crippen LogP contribution is -2.33. The van der Waals surface area contributed by atoms with Gasteiger partial charge in [0.15, 0.2) is 0 Å². The molecule has 10 heteroatoms. The molecule has 0 bridgehead atoms. The Kier molecular flexibility index (Phi) is 8.24. The lowest BCUT2D eigenvalue weighted by molar-refractivity contribution is -0.122. The Balaban J connectivity index is 1.52. The minimum Gasteiger partial charge on any atom is -0.444 e. The van der Waals surface area contributed by atoms with Gasteiger partial charge in [-0.25, -0.2) is 9.59 Å². The normalized spacial score (nSPS) is 12.0. The van der Waals surface area contributed by atoms with Crippen LogP contribution in [0.4, 0.5) is 16.5 Å². The molecule has 0 spiro atoms. The quantitative estimate of drug-likeness (QED) is 0.298. The molecule has 0 saturated heterocycles. The smallest absolute Gasteiger partial charge is 0.412 e. The van der Waals surface area contributed by atoms with E-state index < -0.39 is 23.2 Å². The van der Waals surface area contributed by atoms with Crippen LogP contribution in [0.1, 0.15) is 43.4 Å². The predicted molar refractivity (Wildman–Crippen MR) is 149 cm³/mol. The van der Waals surface area contributed by atoms with Gasteiger partial charge in [0.25, 0.3) is 6.01 Å². The van der Waals surface area contributed by atoms with Crippen LogP contribution in [0.5, 0.6) is 0 Å². The van der Waals surface area contributed by atoms with Gasteiger partial charge in [0, 0.05) is 31.2 Å². The molecule has 0 aliphatic heterocycles. The van der Waals surface area contributed by atoms with E-state index in [0.29, 0.717) is 23.3 Å². The number of benzene rings is 2. The van der Waals surface area contributed by atoms with Gasteiger partial charge in [-0.15, -0.1) is 0 Å². The van der Waals surface area contributed by atoms with Crippen molar-refractivity contribution in [2.24, 2.45) is 0 Å². The van der Waals surface area contributed by atoms with Gasteiger partial charge in [0.2, 0.25) is 5.91 Å². The average molecular weight is 530 g/mol. The number of fused-ring (bicyclic) bond motifs is 1. The van der Waals surface area contributed by atoms with Crippen molar-refractivity contribution >= 4 is 34.6 Å². The van der Waals surface area contributed by atoms with Crippen LogP contribution in [0, 0.1) is 6.92 Å². The number of hydrogen-bond acceptors (Lipinski definition) is 8. The number of nitrogens with zero attached hydrogens (tertiary/aromatic N) is 2. The van der Waals surface area contributed by atoms with Gasteiger partial charge in [0.05, 0.1) is 16.8 Å². The zero-order chi connectivity index (χ0) is 28.0. The second-order valence-electron chi connectivity index (χ2n) is 9.98. The summed E-state index contributed by atoms with van der Waals surface area (Å²) in [4.78, 5) is 46.7. The van der Waals surface area contributed by atoms with E-state index >= 15 is 0 Å². The Morgan fingerprint density at radius 3 is 2.44 bits per heavy atom. The first kappa shape index (κ1) is 27.3. The molecular weight excluding hydrogens is 498 g/mol. The summed E-state index contributed by atoms with van der Waals surface area (Å²) in [6, 6.07) is 16.3. The summed E-state index contributed by atoms with van der Waals surface area (Å²) in [5.41, 5.74) is 1.75. The first-order valence-corrected chi connectivity index (χ1v) is 12.5. The monoisotopic (exact) mass is 529 g/mol. The molecule has 10 nitrogen and oxygen atoms in total. The summed E-state index contributed by atoms with van der Waals surface area (Å²) in [5.74, 6) is -0.764. The fraction of sp³-hybridized carbons (Fsp3) is 0.276. The molecule has 0 radical (unpaired) electrons. The second-order valence-corrected chi connectivity index (χ2v) is 9.98. The van der Waals surface area contributed by atoms with Crippen LogP contribution >= 0.6 is 0 Å². The number of ether oxygens (including phenoxy) is 1. The summed E-state index contributed by atoms with van der Waals surface area (Å²) < 4.78 is 10.7. The fourth-order valence-electron chi connectivity index (χ4n) is 3.99. The maximum atomic E-state index is 13.2. The van der Waals surface area contributed by atoms with Crippen LogP contribution in [0.3, 0.4) is 0 Å². The Bertz CT molecular complexity index is 1510. The SMILES string of the molecule is Cc1c(NC(=O)OC(C)(C)C)ccc2nc(NCC(C(=O)NCc3ccncc3)c3ccccc3)oc(=O)c12. The highest BCUT2D eigenvalue weighted by Gasteiger charge is 2.22. The number of rotatable bonds is 8. The van der Waals surface area contributed by atoms with Crippen molar-refractivity contribution in [3.8, 4) is 0 Å². The number of aromatic nitrogens is 2. The molecule has 4 rings (SSSR count). The molecule has 39 heavy (non-hydrogen) atoms. The van der Waals surface area contributed by atoms with Crippen molar-refractivity contribution < 1.29 is 18.7 Å². The Hall–Kier alpha value is -4.73. The van der Waals surface area contributed by atoms with Crippen molar-refractivity contribution in [3.05, 3.63) is 94.1 Å². The summed E-state index contributed by atoms with van der Waals surface area (Å²) in [6.07, 6.45) is 2.71. The molecule has 2 aromatic heterocycles. The van der Waals surface area contributed by atoms with Crippen LogP contribution in [-0.4, -0.2) is 34.1 Å². The van der Waals surface area contributed by atoms with E-state index in [9.17, 15) is 14.4 Å². The van der Waals surface area contributed by atoms with E-state index in [1.807, 2.05) is 42.5 Å². The van der Waals surface area contributed by atoms with E-state index in [0.717, 1.165) is 11.1 Å². The van der Waals surface area contributed by atoms with E-state index in [1.54, 1.807) is 52.2 Å². The van der Waals surface area contributed by atoms with Gasteiger partial charge in [-0.05, 0) is 68.7 Å². The maximum absolute atomic E-state index is 13.2. The highest BCUT2D eigenvalue weighted by atomic mass is 16.6. The van der Waals surface area contributed by atoms with Crippen LogP contribution < -0.4 is 21.6 Å². The minimum atomic E-state index is -0.663. The van der Waals surface area contributed by atoms with Gasteiger partial charge in [-0.3, -0.25) is 15.1 Å². The highest BCUT2D eigenvalue weighted by Crippen LogP contribution is 2.24. The molecule has 2 heterocycles. The number of pyridine rings is 1. The molecule has 202 valence electrons. The van der Waals surface area contributed by atoms with Gasteiger partial charge >= 0.3 is 11.7 Å². The van der Waals surface area contributed by atoms with Crippen LogP contribution in [-0.2, 0) is 16.1 Å². The first-order valence-electron chi connectivity index (χ1n) is 12.5. The number of aryl methyl sites for hydroxylation is 1. The number of nitrogens with one attached hydrogen (secondary N) is 3. The molecule has 0 saturated carbocycles. The zero-order valence-electron chi connectivity index (χ0n) is 22.3. The zero-order valence-corrected chi connectivity index (χ0v) is 22.3. The molecule has 2 aromatic carbocycles. The number of carbonyl (C=O) groups is 2. The number of anilines is 2. The largest absolute Gasteiger partial charge is 0.444 e. The van der Waals surface area contributed by atoms with E-state index in [1.165, 1.54) is 0 Å². The summed E-state index contributed by atoms with van der Waals surface area (Å²) >= 11 is 0. The Morgan fingerprint density at radius 1 is 1.03 bits per heavy atom. The van der Waals surface area contributed by atoms with Crippen molar-refractivity contribution in [1.29, 1.82) is 0 Å². The standard InChI is InChI=1S/C29H31N5O5/c1-18-22(34-28(37)39-29(2,3)4)10-11-23-24(18)26(36)38-27(33-23)32-17-21(20-8-6-5-7-9-20)25(35)31-16-19-12-14-30-15-13-19/h5-15,21H,16-17H2,1-4H3,(H,31,35)(H,32,33)(H,34,37). The second kappa shape index (κ2) is 11.8. The van der Waals surface area contributed by atoms with Gasteiger partial charge in [-0.1, -0.05) is 30.3 Å². The molecule has 2 amide bonds. The van der Waals surface area contributed by atoms with Crippen molar-refractivity contribution in [2.75, 3.05) is 17.2 Å². The van der Waals surface area contributed by atoms with Gasteiger partial charge < -0.3 is 19.8 Å². The molecular formula is C29H31N5O5. The van der Waals surface area contributed by atoms with Crippen LogP contribution in [0.25, 0.3) is 10.9 Å². The third-order valence-corrected chi connectivity index (χ3v) is 5.89. The van der Waals surface area contributed by atoms with Crippen molar-refractivity contribution in [3.63, 3.8) is 0 Å². The average Bonchev–Trinajstić information content (AvgIpc) is 2.89. The first-order chi connectivity index (χ1) is 18.6. The summed E-state index contributed by atoms with van der Waals surface area (Å²) in [6.45, 7) is 7.48. The molecule has 0 aliphatic carbocycles. The predicted octanol–water partition coefficient (Wildman–Crippen LogP) is 4.75. The minimum absolute atomic E-state index is 0.0115. The molecule has 1 unspecified atom stereocenters. The third-order valence-electron chi connectivity index (χ3n) is 5.89. The number of amides is 2. The van der Waals surface area contributed by atoms with E-state index in [2.05, 4.69) is 25.9 Å². The number of carbonyl (C=O) groups excluding carboxylic acids is 2. The van der Waals surface area contributed by atoms with Crippen LogP contribution in [0.15, 0.2) is 76.2 Å². The van der Waals surface area contributed by atoms with Crippen LogP contribution in [0.2, 0.25) is 0 Å². The summed E-state index contributed by atoms with van der Waals surface area (Å²) in [7, 11) is 0. The highest BCUT2D eigenvalue weighted by molar-refractivity contribution is 5.93. The topological polar surface area (TPSA) is 135 Å². The Labute approximate surface area is 225 Å². The lowest BCUT2D eigenvalue weighted by Gasteiger charge is -2.20. The summed E-state index contributed by atoms with van der Waals surface area (Å²) in [5, 5.41) is 8.86.